The fraction of sp³-hybridized carbons (Fsp3) is 0.250. The second kappa shape index (κ2) is 7.64. The smallest absolute Gasteiger partial charge is 0.0154 e. The van der Waals surface area contributed by atoms with Crippen LogP contribution in [0.4, 0.5) is 0 Å². The number of hydrogen-bond donors (Lipinski definition) is 0. The van der Waals surface area contributed by atoms with E-state index in [0.717, 1.165) is 5.75 Å². The summed E-state index contributed by atoms with van der Waals surface area (Å²) in [5.41, 5.74) is 10.3. The molecule has 2 aliphatic rings. The summed E-state index contributed by atoms with van der Waals surface area (Å²) in [5, 5.41) is 2.71. The number of fused-ring (bicyclic) bond motifs is 5. The van der Waals surface area contributed by atoms with Crippen molar-refractivity contribution >= 4 is 33.7 Å². The van der Waals surface area contributed by atoms with E-state index in [1.165, 1.54) is 54.6 Å². The molecule has 1 atom stereocenters. The average molecular weight is 447 g/mol. The summed E-state index contributed by atoms with van der Waals surface area (Å²) in [6, 6.07) is 31.9. The third-order valence-corrected chi connectivity index (χ3v) is 8.68. The Labute approximate surface area is 201 Å². The number of benzene rings is 4. The van der Waals surface area contributed by atoms with Crippen LogP contribution >= 0.6 is 11.8 Å². The fourth-order valence-corrected chi connectivity index (χ4v) is 7.18. The molecule has 1 aliphatic carbocycles. The highest BCUT2D eigenvalue weighted by Gasteiger charge is 2.38. The van der Waals surface area contributed by atoms with Gasteiger partial charge in [-0.1, -0.05) is 107 Å². The molecule has 0 N–H and O–H groups in total. The predicted octanol–water partition coefficient (Wildman–Crippen LogP) is 9.03. The van der Waals surface area contributed by atoms with Crippen LogP contribution in [0.1, 0.15) is 61.4 Å². The van der Waals surface area contributed by atoms with Crippen LogP contribution in [0.25, 0.3) is 21.9 Å². The van der Waals surface area contributed by atoms with E-state index in [4.69, 9.17) is 0 Å². The third-order valence-electron chi connectivity index (χ3n) is 7.36. The molecular formula is C32H30S. The van der Waals surface area contributed by atoms with Gasteiger partial charge in [-0.3, -0.25) is 0 Å². The van der Waals surface area contributed by atoms with Crippen molar-refractivity contribution in [3.05, 3.63) is 113 Å². The monoisotopic (exact) mass is 446 g/mol. The van der Waals surface area contributed by atoms with Crippen LogP contribution in [0.5, 0.6) is 0 Å². The predicted molar refractivity (Wildman–Crippen MR) is 144 cm³/mol. The largest absolute Gasteiger partial charge is 0.125 e. The molecule has 0 saturated carbocycles. The summed E-state index contributed by atoms with van der Waals surface area (Å²) in [4.78, 5) is 1.42. The standard InChI is InChI=1S/C32H30S/c1-20-19-33-27-18-17-21-11-5-6-12-22(21)30(27)28(20)29-23-13-7-9-15-25(23)31(32(2,3)4)26-16-10-8-14-24(26)29/h5-18,20,31H,19H2,1-4H3/t20-,31?/m0/s1. The summed E-state index contributed by atoms with van der Waals surface area (Å²) in [5.74, 6) is 1.99. The molecule has 4 aromatic rings. The van der Waals surface area contributed by atoms with Crippen LogP contribution in [0.2, 0.25) is 0 Å². The van der Waals surface area contributed by atoms with E-state index in [1.807, 2.05) is 11.8 Å². The number of allylic oxidation sites excluding steroid dienone is 1. The Morgan fingerprint density at radius 3 is 2.00 bits per heavy atom. The van der Waals surface area contributed by atoms with Gasteiger partial charge in [-0.05, 0) is 67.1 Å². The Morgan fingerprint density at radius 2 is 1.33 bits per heavy atom. The lowest BCUT2D eigenvalue weighted by Gasteiger charge is -2.40. The minimum Gasteiger partial charge on any atom is -0.125 e. The molecule has 0 spiro atoms. The van der Waals surface area contributed by atoms with Gasteiger partial charge in [0, 0.05) is 16.6 Å². The van der Waals surface area contributed by atoms with Crippen LogP contribution < -0.4 is 0 Å². The van der Waals surface area contributed by atoms with Gasteiger partial charge in [-0.15, -0.1) is 11.8 Å². The summed E-state index contributed by atoms with van der Waals surface area (Å²) in [6.07, 6.45) is 0. The van der Waals surface area contributed by atoms with E-state index in [1.54, 1.807) is 0 Å². The molecule has 1 heteroatoms. The lowest BCUT2D eigenvalue weighted by molar-refractivity contribution is 0.356. The van der Waals surface area contributed by atoms with Crippen LogP contribution in [-0.2, 0) is 0 Å². The second-order valence-electron chi connectivity index (χ2n) is 10.6. The maximum Gasteiger partial charge on any atom is 0.0154 e. The summed E-state index contributed by atoms with van der Waals surface area (Å²) in [6.45, 7) is 9.56. The number of thioether (sulfide) groups is 1. The molecule has 0 radical (unpaired) electrons. The van der Waals surface area contributed by atoms with Crippen LogP contribution in [-0.4, -0.2) is 5.75 Å². The Kier molecular flexibility index (Phi) is 4.82. The molecular weight excluding hydrogens is 416 g/mol. The van der Waals surface area contributed by atoms with E-state index >= 15 is 0 Å². The normalized spacial score (nSPS) is 19.8. The van der Waals surface area contributed by atoms with Crippen molar-refractivity contribution in [1.82, 2.24) is 0 Å². The van der Waals surface area contributed by atoms with Gasteiger partial charge in [-0.25, -0.2) is 0 Å². The topological polar surface area (TPSA) is 0 Å². The minimum absolute atomic E-state index is 0.140. The van der Waals surface area contributed by atoms with Crippen LogP contribution in [0, 0.1) is 11.3 Å². The van der Waals surface area contributed by atoms with E-state index in [9.17, 15) is 0 Å². The van der Waals surface area contributed by atoms with Gasteiger partial charge >= 0.3 is 0 Å². The molecule has 0 aromatic heterocycles. The van der Waals surface area contributed by atoms with Gasteiger partial charge in [0.25, 0.3) is 0 Å². The number of hydrogen-bond acceptors (Lipinski definition) is 1. The lowest BCUT2D eigenvalue weighted by Crippen LogP contribution is -2.26. The van der Waals surface area contributed by atoms with Crippen molar-refractivity contribution in [3.63, 3.8) is 0 Å². The molecule has 1 heterocycles. The van der Waals surface area contributed by atoms with E-state index in [2.05, 4.69) is 113 Å². The Balaban J connectivity index is 1.78. The van der Waals surface area contributed by atoms with Crippen molar-refractivity contribution in [2.24, 2.45) is 11.3 Å². The fourth-order valence-electron chi connectivity index (χ4n) is 6.05. The maximum absolute atomic E-state index is 2.42. The zero-order chi connectivity index (χ0) is 22.7. The average Bonchev–Trinajstić information content (AvgIpc) is 2.82. The van der Waals surface area contributed by atoms with Gasteiger partial charge < -0.3 is 0 Å². The summed E-state index contributed by atoms with van der Waals surface area (Å²) >= 11 is 2.01. The molecule has 0 amide bonds. The second-order valence-corrected chi connectivity index (χ2v) is 11.7. The highest BCUT2D eigenvalue weighted by Crippen LogP contribution is 2.55. The molecule has 4 aromatic carbocycles. The number of rotatable bonds is 0. The lowest BCUT2D eigenvalue weighted by atomic mass is 9.64. The van der Waals surface area contributed by atoms with E-state index in [-0.39, 0.29) is 5.41 Å². The first-order chi connectivity index (χ1) is 15.9. The van der Waals surface area contributed by atoms with Crippen molar-refractivity contribution in [3.8, 4) is 0 Å². The van der Waals surface area contributed by atoms with Gasteiger partial charge in [0.2, 0.25) is 0 Å². The highest BCUT2D eigenvalue weighted by molar-refractivity contribution is 7.99. The molecule has 0 fully saturated rings. The van der Waals surface area contributed by atoms with E-state index in [0.29, 0.717) is 11.8 Å². The van der Waals surface area contributed by atoms with Crippen molar-refractivity contribution in [2.75, 3.05) is 5.75 Å². The third kappa shape index (κ3) is 3.21. The molecule has 164 valence electrons. The molecule has 33 heavy (non-hydrogen) atoms. The first kappa shape index (κ1) is 20.8. The van der Waals surface area contributed by atoms with Gasteiger partial charge in [0.1, 0.15) is 0 Å². The van der Waals surface area contributed by atoms with Crippen molar-refractivity contribution in [2.45, 2.75) is 38.5 Å². The zero-order valence-electron chi connectivity index (χ0n) is 19.9. The first-order valence-corrected chi connectivity index (χ1v) is 13.0. The van der Waals surface area contributed by atoms with Crippen molar-refractivity contribution in [1.29, 1.82) is 0 Å². The van der Waals surface area contributed by atoms with Crippen LogP contribution in [0.15, 0.2) is 89.8 Å². The quantitative estimate of drug-likeness (QED) is 0.260. The Morgan fingerprint density at radius 1 is 0.727 bits per heavy atom. The Bertz CT molecular complexity index is 1370. The van der Waals surface area contributed by atoms with E-state index < -0.39 is 0 Å². The molecule has 0 saturated heterocycles. The molecule has 1 aliphatic heterocycles. The zero-order valence-corrected chi connectivity index (χ0v) is 20.7. The summed E-state index contributed by atoms with van der Waals surface area (Å²) in [7, 11) is 0. The van der Waals surface area contributed by atoms with Crippen molar-refractivity contribution < 1.29 is 0 Å². The maximum atomic E-state index is 2.42. The molecule has 6 rings (SSSR count). The highest BCUT2D eigenvalue weighted by atomic mass is 32.2. The summed E-state index contributed by atoms with van der Waals surface area (Å²) < 4.78 is 0. The SMILES string of the molecule is C[C@H]1CSc2ccc3ccccc3c2C1=C1c2ccccc2C(C(C)(C)C)c2ccccc21. The molecule has 0 nitrogen and oxygen atoms in total. The van der Waals surface area contributed by atoms with Gasteiger partial charge in [0.15, 0.2) is 0 Å². The minimum atomic E-state index is 0.140. The van der Waals surface area contributed by atoms with Gasteiger partial charge in [-0.2, -0.15) is 0 Å². The van der Waals surface area contributed by atoms with Gasteiger partial charge in [0.05, 0.1) is 0 Å². The first-order valence-electron chi connectivity index (χ1n) is 12.0. The molecule has 0 bridgehead atoms. The van der Waals surface area contributed by atoms with Crippen LogP contribution in [0.3, 0.4) is 0 Å². The molecule has 0 unspecified atom stereocenters. The Hall–Kier alpha value is -2.77.